The second kappa shape index (κ2) is 8.47. The number of anilines is 3. The molecule has 1 aromatic heterocycles. The Morgan fingerprint density at radius 3 is 2.40 bits per heavy atom. The van der Waals surface area contributed by atoms with Crippen molar-refractivity contribution in [3.8, 4) is 17.0 Å². The van der Waals surface area contributed by atoms with Crippen molar-refractivity contribution in [1.29, 1.82) is 0 Å². The van der Waals surface area contributed by atoms with Crippen molar-refractivity contribution in [2.75, 3.05) is 17.2 Å². The van der Waals surface area contributed by atoms with E-state index in [1.807, 2.05) is 0 Å². The molecular weight excluding hydrogens is 414 g/mol. The van der Waals surface area contributed by atoms with Crippen LogP contribution in [0.4, 0.5) is 43.8 Å². The first-order chi connectivity index (χ1) is 14.2. The molecule has 0 aliphatic carbocycles. The summed E-state index contributed by atoms with van der Waals surface area (Å²) in [4.78, 5) is 8.21. The van der Waals surface area contributed by atoms with Crippen LogP contribution in [0.1, 0.15) is 6.92 Å². The molecule has 11 heteroatoms. The summed E-state index contributed by atoms with van der Waals surface area (Å²) in [6, 6.07) is 7.62. The predicted octanol–water partition coefficient (Wildman–Crippen LogP) is 5.63. The van der Waals surface area contributed by atoms with Crippen LogP contribution >= 0.6 is 0 Å². The van der Waals surface area contributed by atoms with Crippen LogP contribution in [0.15, 0.2) is 42.5 Å². The number of halogens is 6. The number of hydrogen-bond acceptors (Lipinski definition) is 5. The molecule has 2 aromatic carbocycles. The fourth-order valence-corrected chi connectivity index (χ4v) is 2.52. The highest BCUT2D eigenvalue weighted by Gasteiger charge is 2.31. The Kier molecular flexibility index (Phi) is 5.99. The maximum atomic E-state index is 14.0. The van der Waals surface area contributed by atoms with Gasteiger partial charge in [-0.3, -0.25) is 0 Å². The van der Waals surface area contributed by atoms with E-state index in [0.29, 0.717) is 12.6 Å². The summed E-state index contributed by atoms with van der Waals surface area (Å²) in [5, 5.41) is 5.15. The molecule has 158 valence electrons. The van der Waals surface area contributed by atoms with Gasteiger partial charge in [0, 0.05) is 18.2 Å². The number of rotatable bonds is 6. The first-order valence-corrected chi connectivity index (χ1v) is 8.56. The van der Waals surface area contributed by atoms with E-state index in [-0.39, 0.29) is 23.0 Å². The minimum atomic E-state index is -4.88. The largest absolute Gasteiger partial charge is 0.573 e. The zero-order valence-corrected chi connectivity index (χ0v) is 15.3. The van der Waals surface area contributed by atoms with E-state index < -0.39 is 35.3 Å². The molecule has 0 aliphatic rings. The lowest BCUT2D eigenvalue weighted by atomic mass is 10.1. The molecule has 0 bridgehead atoms. The molecule has 3 rings (SSSR count). The molecule has 0 aliphatic heterocycles. The molecule has 30 heavy (non-hydrogen) atoms. The third-order valence-corrected chi connectivity index (χ3v) is 3.72. The first kappa shape index (κ1) is 21.2. The van der Waals surface area contributed by atoms with E-state index in [4.69, 9.17) is 0 Å². The topological polar surface area (TPSA) is 59.1 Å². The fraction of sp³-hybridized carbons (Fsp3) is 0.158. The molecule has 0 amide bonds. The Hall–Kier alpha value is -3.50. The van der Waals surface area contributed by atoms with E-state index >= 15 is 0 Å². The van der Waals surface area contributed by atoms with Crippen LogP contribution < -0.4 is 15.4 Å². The molecule has 0 saturated carbocycles. The number of nitrogens with zero attached hydrogens (tertiary/aromatic N) is 2. The summed E-state index contributed by atoms with van der Waals surface area (Å²) in [6.45, 7) is 2.13. The maximum absolute atomic E-state index is 14.0. The molecule has 0 spiro atoms. The van der Waals surface area contributed by atoms with Gasteiger partial charge < -0.3 is 15.4 Å². The van der Waals surface area contributed by atoms with Gasteiger partial charge in [-0.2, -0.15) is 4.98 Å². The summed E-state index contributed by atoms with van der Waals surface area (Å²) >= 11 is 0. The van der Waals surface area contributed by atoms with Gasteiger partial charge in [0.15, 0.2) is 11.6 Å². The minimum absolute atomic E-state index is 0.0388. The summed E-state index contributed by atoms with van der Waals surface area (Å²) < 4.78 is 82.7. The number of nitrogens with one attached hydrogen (secondary N) is 2. The summed E-state index contributed by atoms with van der Waals surface area (Å²) in [6.07, 6.45) is -4.88. The summed E-state index contributed by atoms with van der Waals surface area (Å²) in [7, 11) is 0. The molecule has 0 fully saturated rings. The van der Waals surface area contributed by atoms with Gasteiger partial charge >= 0.3 is 6.36 Å². The van der Waals surface area contributed by atoms with Gasteiger partial charge in [0.2, 0.25) is 5.95 Å². The van der Waals surface area contributed by atoms with Crippen molar-refractivity contribution in [2.24, 2.45) is 0 Å². The van der Waals surface area contributed by atoms with Gasteiger partial charge in [-0.1, -0.05) is 12.1 Å². The molecule has 1 heterocycles. The van der Waals surface area contributed by atoms with Crippen LogP contribution in [0, 0.1) is 17.5 Å². The zero-order valence-electron chi connectivity index (χ0n) is 15.3. The van der Waals surface area contributed by atoms with Crippen LogP contribution in [0.2, 0.25) is 0 Å². The first-order valence-electron chi connectivity index (χ1n) is 8.56. The third kappa shape index (κ3) is 5.10. The van der Waals surface area contributed by atoms with E-state index in [9.17, 15) is 26.3 Å². The average Bonchev–Trinajstić information content (AvgIpc) is 2.67. The molecule has 0 saturated heterocycles. The maximum Gasteiger partial charge on any atom is 0.573 e. The van der Waals surface area contributed by atoms with Gasteiger partial charge in [0.05, 0.1) is 5.69 Å². The fourth-order valence-electron chi connectivity index (χ4n) is 2.52. The zero-order chi connectivity index (χ0) is 21.9. The average molecular weight is 428 g/mol. The summed E-state index contributed by atoms with van der Waals surface area (Å²) in [5.74, 6) is -4.31. The van der Waals surface area contributed by atoms with E-state index in [0.717, 1.165) is 18.2 Å². The van der Waals surface area contributed by atoms with Crippen molar-refractivity contribution in [2.45, 2.75) is 13.3 Å². The SMILES string of the molecule is CCNc1nc(Nc2c(F)ccc(F)c2F)cc(-c2cccc(OC(F)(F)F)c2)n1. The number of hydrogen-bond donors (Lipinski definition) is 2. The van der Waals surface area contributed by atoms with E-state index in [1.165, 1.54) is 18.2 Å². The molecule has 5 nitrogen and oxygen atoms in total. The molecular formula is C19H14F6N4O. The van der Waals surface area contributed by atoms with Gasteiger partial charge in [0.25, 0.3) is 0 Å². The third-order valence-electron chi connectivity index (χ3n) is 3.72. The van der Waals surface area contributed by atoms with E-state index in [1.54, 1.807) is 6.92 Å². The second-order valence-electron chi connectivity index (χ2n) is 5.91. The molecule has 2 N–H and O–H groups in total. The number of benzene rings is 2. The normalized spacial score (nSPS) is 11.3. The Morgan fingerprint density at radius 1 is 0.967 bits per heavy atom. The van der Waals surface area contributed by atoms with Crippen LogP contribution in [-0.4, -0.2) is 22.9 Å². The lowest BCUT2D eigenvalue weighted by molar-refractivity contribution is -0.274. The smallest absolute Gasteiger partial charge is 0.406 e. The number of alkyl halides is 3. The Bertz CT molecular complexity index is 1060. The van der Waals surface area contributed by atoms with Crippen molar-refractivity contribution in [3.05, 3.63) is 59.9 Å². The number of ether oxygens (including phenoxy) is 1. The second-order valence-corrected chi connectivity index (χ2v) is 5.91. The minimum Gasteiger partial charge on any atom is -0.406 e. The Labute approximate surface area is 166 Å². The van der Waals surface area contributed by atoms with Crippen molar-refractivity contribution < 1.29 is 31.1 Å². The van der Waals surface area contributed by atoms with E-state index in [2.05, 4.69) is 25.3 Å². The monoisotopic (exact) mass is 428 g/mol. The highest BCUT2D eigenvalue weighted by molar-refractivity contribution is 5.68. The predicted molar refractivity (Wildman–Crippen MR) is 97.9 cm³/mol. The Balaban J connectivity index is 2.02. The van der Waals surface area contributed by atoms with Crippen LogP contribution in [0.25, 0.3) is 11.3 Å². The van der Waals surface area contributed by atoms with Crippen LogP contribution in [-0.2, 0) is 0 Å². The van der Waals surface area contributed by atoms with Gasteiger partial charge in [-0.15, -0.1) is 13.2 Å². The lowest BCUT2D eigenvalue weighted by Crippen LogP contribution is -2.17. The highest BCUT2D eigenvalue weighted by atomic mass is 19.4. The molecule has 0 unspecified atom stereocenters. The number of aromatic nitrogens is 2. The molecule has 0 radical (unpaired) electrons. The van der Waals surface area contributed by atoms with Crippen molar-refractivity contribution >= 4 is 17.5 Å². The molecule has 3 aromatic rings. The lowest BCUT2D eigenvalue weighted by Gasteiger charge is -2.13. The van der Waals surface area contributed by atoms with Crippen molar-refractivity contribution in [1.82, 2.24) is 9.97 Å². The standard InChI is InChI=1S/C19H14F6N4O/c1-2-26-18-27-14(10-4-3-5-11(8-10)30-19(23,24)25)9-15(29-18)28-17-13(21)7-6-12(20)16(17)22/h3-9H,2H2,1H3,(H2,26,27,28,29). The van der Waals surface area contributed by atoms with Gasteiger partial charge in [0.1, 0.15) is 23.1 Å². The van der Waals surface area contributed by atoms with Crippen LogP contribution in [0.3, 0.4) is 0 Å². The Morgan fingerprint density at radius 2 is 1.70 bits per heavy atom. The highest BCUT2D eigenvalue weighted by Crippen LogP contribution is 2.30. The van der Waals surface area contributed by atoms with Crippen LogP contribution in [0.5, 0.6) is 5.75 Å². The molecule has 0 atom stereocenters. The van der Waals surface area contributed by atoms with Gasteiger partial charge in [-0.25, -0.2) is 18.2 Å². The van der Waals surface area contributed by atoms with Crippen molar-refractivity contribution in [3.63, 3.8) is 0 Å². The quantitative estimate of drug-likeness (QED) is 0.393. The summed E-state index contributed by atoms with van der Waals surface area (Å²) in [5.41, 5.74) is -0.411. The van der Waals surface area contributed by atoms with Gasteiger partial charge in [-0.05, 0) is 31.2 Å².